The maximum Gasteiger partial charge on any atom is 0.0709 e. The van der Waals surface area contributed by atoms with E-state index in [9.17, 15) is 0 Å². The van der Waals surface area contributed by atoms with E-state index in [2.05, 4.69) is 11.9 Å². The second kappa shape index (κ2) is 7.20. The lowest BCUT2D eigenvalue weighted by Gasteiger charge is -2.26. The van der Waals surface area contributed by atoms with Gasteiger partial charge in [-0.25, -0.2) is 0 Å². The Balaban J connectivity index is 2.16. The van der Waals surface area contributed by atoms with Gasteiger partial charge in [0.15, 0.2) is 0 Å². The molecule has 0 aromatic rings. The van der Waals surface area contributed by atoms with Gasteiger partial charge in [0, 0.05) is 25.7 Å². The van der Waals surface area contributed by atoms with E-state index in [1.807, 2.05) is 6.92 Å². The molecule has 0 spiro atoms. The standard InChI is InChI=1S/C12H26N2O/c1-3-15-12(10-13)8-9-14(2)11-6-4-5-7-11/h11-12H,3-10,13H2,1-2H3. The zero-order valence-corrected chi connectivity index (χ0v) is 10.2. The average Bonchev–Trinajstić information content (AvgIpc) is 2.77. The summed E-state index contributed by atoms with van der Waals surface area (Å²) < 4.78 is 5.55. The number of rotatable bonds is 7. The van der Waals surface area contributed by atoms with Crippen LogP contribution in [0.4, 0.5) is 0 Å². The molecule has 1 atom stereocenters. The minimum absolute atomic E-state index is 0.249. The van der Waals surface area contributed by atoms with Crippen molar-refractivity contribution in [1.29, 1.82) is 0 Å². The summed E-state index contributed by atoms with van der Waals surface area (Å²) in [7, 11) is 2.23. The first-order chi connectivity index (χ1) is 7.27. The van der Waals surface area contributed by atoms with Gasteiger partial charge < -0.3 is 15.4 Å². The van der Waals surface area contributed by atoms with E-state index in [4.69, 9.17) is 10.5 Å². The molecule has 0 radical (unpaired) electrons. The summed E-state index contributed by atoms with van der Waals surface area (Å²) in [5.74, 6) is 0. The van der Waals surface area contributed by atoms with Crippen LogP contribution in [0.5, 0.6) is 0 Å². The van der Waals surface area contributed by atoms with Crippen LogP contribution in [0.1, 0.15) is 39.0 Å². The molecule has 90 valence electrons. The van der Waals surface area contributed by atoms with Crippen LogP contribution < -0.4 is 5.73 Å². The van der Waals surface area contributed by atoms with Crippen LogP contribution in [-0.4, -0.2) is 43.8 Å². The van der Waals surface area contributed by atoms with Gasteiger partial charge in [-0.05, 0) is 33.2 Å². The van der Waals surface area contributed by atoms with Gasteiger partial charge in [-0.3, -0.25) is 0 Å². The lowest BCUT2D eigenvalue weighted by Crippen LogP contribution is -2.34. The highest BCUT2D eigenvalue weighted by molar-refractivity contribution is 4.76. The van der Waals surface area contributed by atoms with Gasteiger partial charge in [0.05, 0.1) is 6.10 Å². The maximum atomic E-state index is 5.65. The van der Waals surface area contributed by atoms with Gasteiger partial charge >= 0.3 is 0 Å². The third-order valence-corrected chi connectivity index (χ3v) is 3.42. The Hall–Kier alpha value is -0.120. The number of nitrogens with two attached hydrogens (primary N) is 1. The quantitative estimate of drug-likeness (QED) is 0.700. The molecule has 0 aromatic carbocycles. The molecule has 0 amide bonds. The van der Waals surface area contributed by atoms with Crippen LogP contribution in [0.15, 0.2) is 0 Å². The largest absolute Gasteiger partial charge is 0.377 e. The molecule has 3 heteroatoms. The van der Waals surface area contributed by atoms with E-state index < -0.39 is 0 Å². The van der Waals surface area contributed by atoms with Crippen molar-refractivity contribution in [2.45, 2.75) is 51.2 Å². The fraction of sp³-hybridized carbons (Fsp3) is 1.00. The zero-order valence-electron chi connectivity index (χ0n) is 10.2. The second-order valence-electron chi connectivity index (χ2n) is 4.52. The number of nitrogens with zero attached hydrogens (tertiary/aromatic N) is 1. The molecule has 0 saturated heterocycles. The first-order valence-corrected chi connectivity index (χ1v) is 6.29. The molecule has 0 heterocycles. The van der Waals surface area contributed by atoms with E-state index in [1.54, 1.807) is 0 Å². The summed E-state index contributed by atoms with van der Waals surface area (Å²) in [6.45, 7) is 4.57. The maximum absolute atomic E-state index is 5.65. The van der Waals surface area contributed by atoms with Crippen molar-refractivity contribution in [3.05, 3.63) is 0 Å². The van der Waals surface area contributed by atoms with Crippen LogP contribution in [0.25, 0.3) is 0 Å². The van der Waals surface area contributed by atoms with Gasteiger partial charge in [0.1, 0.15) is 0 Å². The highest BCUT2D eigenvalue weighted by Gasteiger charge is 2.19. The smallest absolute Gasteiger partial charge is 0.0709 e. The predicted octanol–water partition coefficient (Wildman–Crippen LogP) is 1.61. The lowest BCUT2D eigenvalue weighted by atomic mass is 10.2. The monoisotopic (exact) mass is 214 g/mol. The van der Waals surface area contributed by atoms with Crippen molar-refractivity contribution in [3.8, 4) is 0 Å². The zero-order chi connectivity index (χ0) is 11.1. The van der Waals surface area contributed by atoms with E-state index in [0.29, 0.717) is 6.54 Å². The van der Waals surface area contributed by atoms with E-state index in [0.717, 1.165) is 25.6 Å². The number of hydrogen-bond acceptors (Lipinski definition) is 3. The van der Waals surface area contributed by atoms with Gasteiger partial charge in [-0.15, -0.1) is 0 Å². The van der Waals surface area contributed by atoms with E-state index >= 15 is 0 Å². The van der Waals surface area contributed by atoms with Crippen molar-refractivity contribution >= 4 is 0 Å². The molecular formula is C12H26N2O. The molecular weight excluding hydrogens is 188 g/mol. The van der Waals surface area contributed by atoms with Crippen LogP contribution in [0, 0.1) is 0 Å². The van der Waals surface area contributed by atoms with E-state index in [-0.39, 0.29) is 6.10 Å². The lowest BCUT2D eigenvalue weighted by molar-refractivity contribution is 0.0531. The predicted molar refractivity (Wildman–Crippen MR) is 64.0 cm³/mol. The van der Waals surface area contributed by atoms with Crippen molar-refractivity contribution < 1.29 is 4.74 Å². The fourth-order valence-corrected chi connectivity index (χ4v) is 2.38. The first-order valence-electron chi connectivity index (χ1n) is 6.29. The average molecular weight is 214 g/mol. The molecule has 1 saturated carbocycles. The molecule has 1 unspecified atom stereocenters. The summed E-state index contributed by atoms with van der Waals surface area (Å²) >= 11 is 0. The Morgan fingerprint density at radius 3 is 2.60 bits per heavy atom. The van der Waals surface area contributed by atoms with Gasteiger partial charge in [0.25, 0.3) is 0 Å². The number of hydrogen-bond donors (Lipinski definition) is 1. The summed E-state index contributed by atoms with van der Waals surface area (Å²) in [4.78, 5) is 2.48. The molecule has 1 aliphatic carbocycles. The molecule has 0 aromatic heterocycles. The van der Waals surface area contributed by atoms with Crippen LogP contribution in [0.3, 0.4) is 0 Å². The number of ether oxygens (including phenoxy) is 1. The summed E-state index contributed by atoms with van der Waals surface area (Å²) in [6, 6.07) is 0.810. The molecule has 2 N–H and O–H groups in total. The Morgan fingerprint density at radius 1 is 1.40 bits per heavy atom. The Kier molecular flexibility index (Phi) is 6.22. The van der Waals surface area contributed by atoms with Crippen molar-refractivity contribution in [3.63, 3.8) is 0 Å². The SMILES string of the molecule is CCOC(CN)CCN(C)C1CCCC1. The van der Waals surface area contributed by atoms with Crippen molar-refractivity contribution in [2.75, 3.05) is 26.7 Å². The topological polar surface area (TPSA) is 38.5 Å². The summed E-state index contributed by atoms with van der Waals surface area (Å²) in [6.07, 6.45) is 6.87. The summed E-state index contributed by atoms with van der Waals surface area (Å²) in [5.41, 5.74) is 5.65. The Labute approximate surface area is 94.0 Å². The Morgan fingerprint density at radius 2 is 2.07 bits per heavy atom. The van der Waals surface area contributed by atoms with Crippen LogP contribution in [-0.2, 0) is 4.74 Å². The molecule has 1 fully saturated rings. The molecule has 1 rings (SSSR count). The third-order valence-electron chi connectivity index (χ3n) is 3.42. The van der Waals surface area contributed by atoms with Crippen molar-refractivity contribution in [1.82, 2.24) is 4.90 Å². The van der Waals surface area contributed by atoms with Crippen molar-refractivity contribution in [2.24, 2.45) is 5.73 Å². The third kappa shape index (κ3) is 4.49. The molecule has 0 aliphatic heterocycles. The minimum atomic E-state index is 0.249. The summed E-state index contributed by atoms with van der Waals surface area (Å²) in [5, 5.41) is 0. The van der Waals surface area contributed by atoms with E-state index in [1.165, 1.54) is 25.7 Å². The fourth-order valence-electron chi connectivity index (χ4n) is 2.38. The first kappa shape index (κ1) is 12.9. The molecule has 1 aliphatic rings. The molecule has 15 heavy (non-hydrogen) atoms. The molecule has 0 bridgehead atoms. The Bertz CT molecular complexity index is 158. The highest BCUT2D eigenvalue weighted by atomic mass is 16.5. The van der Waals surface area contributed by atoms with Crippen LogP contribution >= 0.6 is 0 Å². The van der Waals surface area contributed by atoms with Gasteiger partial charge in [-0.1, -0.05) is 12.8 Å². The normalized spacial score (nSPS) is 20.0. The van der Waals surface area contributed by atoms with Gasteiger partial charge in [-0.2, -0.15) is 0 Å². The second-order valence-corrected chi connectivity index (χ2v) is 4.52. The van der Waals surface area contributed by atoms with Crippen LogP contribution in [0.2, 0.25) is 0 Å². The van der Waals surface area contributed by atoms with Gasteiger partial charge in [0.2, 0.25) is 0 Å². The molecule has 3 nitrogen and oxygen atoms in total. The highest BCUT2D eigenvalue weighted by Crippen LogP contribution is 2.22. The minimum Gasteiger partial charge on any atom is -0.377 e.